The van der Waals surface area contributed by atoms with Crippen LogP contribution in [0.15, 0.2) is 140 Å². The molecule has 0 aliphatic heterocycles. The standard InChI is InChI=1S/C49H37N3S/c1-2-10-31(11-3-1)42-28-43(41-15-8-9-21-50-41)52-48(51-42)46-35(32-17-20-45-39(27-32)37-13-5-7-16-44(37)53-45)18-19-38-36-12-4-6-14-40(36)49(47(38)46)33-23-29-22-30(25-33)26-34(49)24-29/h1-21,27-30,33-34H,22-26H2. The third-order valence-electron chi connectivity index (χ3n) is 13.3. The molecule has 1 spiro atoms. The van der Waals surface area contributed by atoms with E-state index in [4.69, 9.17) is 15.0 Å². The van der Waals surface area contributed by atoms with Gasteiger partial charge in [-0.1, -0.05) is 97.1 Å². The Morgan fingerprint density at radius 3 is 2.06 bits per heavy atom. The molecule has 3 heterocycles. The van der Waals surface area contributed by atoms with Crippen LogP contribution in [0.4, 0.5) is 0 Å². The van der Waals surface area contributed by atoms with Gasteiger partial charge in [0.05, 0.1) is 17.1 Å². The largest absolute Gasteiger partial charge is 0.255 e. The third-order valence-corrected chi connectivity index (χ3v) is 14.5. The smallest absolute Gasteiger partial charge is 0.161 e. The zero-order chi connectivity index (χ0) is 34.7. The van der Waals surface area contributed by atoms with E-state index in [1.165, 1.54) is 85.7 Å². The van der Waals surface area contributed by atoms with Crippen molar-refractivity contribution in [2.24, 2.45) is 23.7 Å². The van der Waals surface area contributed by atoms with Crippen LogP contribution in [0.1, 0.15) is 43.2 Å². The van der Waals surface area contributed by atoms with Gasteiger partial charge >= 0.3 is 0 Å². The van der Waals surface area contributed by atoms with Crippen LogP contribution in [0.2, 0.25) is 0 Å². The molecule has 0 atom stereocenters. The minimum atomic E-state index is -0.0544. The monoisotopic (exact) mass is 699 g/mol. The predicted octanol–water partition coefficient (Wildman–Crippen LogP) is 12.6. The van der Waals surface area contributed by atoms with Crippen LogP contribution in [0.3, 0.4) is 0 Å². The van der Waals surface area contributed by atoms with Gasteiger partial charge in [0.1, 0.15) is 0 Å². The van der Waals surface area contributed by atoms with Crippen molar-refractivity contribution in [3.63, 3.8) is 0 Å². The maximum atomic E-state index is 5.59. The summed E-state index contributed by atoms with van der Waals surface area (Å²) >= 11 is 1.88. The van der Waals surface area contributed by atoms with Gasteiger partial charge < -0.3 is 0 Å². The first-order valence-electron chi connectivity index (χ1n) is 19.3. The van der Waals surface area contributed by atoms with Gasteiger partial charge in [-0.3, -0.25) is 4.98 Å². The predicted molar refractivity (Wildman–Crippen MR) is 218 cm³/mol. The number of hydrogen-bond donors (Lipinski definition) is 0. The van der Waals surface area contributed by atoms with E-state index in [9.17, 15) is 0 Å². The summed E-state index contributed by atoms with van der Waals surface area (Å²) < 4.78 is 2.65. The molecule has 4 bridgehead atoms. The summed E-state index contributed by atoms with van der Waals surface area (Å²) in [6.45, 7) is 0. The van der Waals surface area contributed by atoms with Crippen molar-refractivity contribution in [3.05, 3.63) is 151 Å². The van der Waals surface area contributed by atoms with Gasteiger partial charge in [0.2, 0.25) is 0 Å². The number of hydrogen-bond acceptors (Lipinski definition) is 4. The van der Waals surface area contributed by atoms with Crippen LogP contribution < -0.4 is 0 Å². The molecule has 4 saturated carbocycles. The van der Waals surface area contributed by atoms with E-state index in [0.29, 0.717) is 11.8 Å². The molecule has 0 saturated heterocycles. The van der Waals surface area contributed by atoms with Gasteiger partial charge in [-0.2, -0.15) is 0 Å². The number of aromatic nitrogens is 3. The van der Waals surface area contributed by atoms with Crippen LogP contribution in [0.25, 0.3) is 76.5 Å². The molecule has 4 heteroatoms. The molecule has 4 fully saturated rings. The van der Waals surface area contributed by atoms with Gasteiger partial charge in [-0.15, -0.1) is 11.3 Å². The molecular weight excluding hydrogens is 663 g/mol. The number of fused-ring (bicyclic) bond motifs is 6. The van der Waals surface area contributed by atoms with Crippen LogP contribution in [0.5, 0.6) is 0 Å². The SMILES string of the molecule is c1ccc(-c2cc(-c3ccccn3)nc(-c3c(-c4ccc5sc6ccccc6c5c4)ccc4c3C3(c5ccccc5-4)C4CC5CC(C4)CC3C5)n2)cc1. The number of rotatable bonds is 4. The average molecular weight is 700 g/mol. The van der Waals surface area contributed by atoms with E-state index in [1.54, 1.807) is 5.56 Å². The topological polar surface area (TPSA) is 38.7 Å². The maximum absolute atomic E-state index is 5.59. The second-order valence-electron chi connectivity index (χ2n) is 16.0. The molecule has 53 heavy (non-hydrogen) atoms. The van der Waals surface area contributed by atoms with Gasteiger partial charge in [-0.25, -0.2) is 9.97 Å². The Balaban J connectivity index is 1.20. The van der Waals surface area contributed by atoms with Crippen molar-refractivity contribution in [3.8, 4) is 56.3 Å². The van der Waals surface area contributed by atoms with E-state index in [2.05, 4.69) is 127 Å². The zero-order valence-electron chi connectivity index (χ0n) is 29.4. The Labute approximate surface area is 313 Å². The Bertz CT molecular complexity index is 2660. The highest BCUT2D eigenvalue weighted by Gasteiger charge is 2.62. The van der Waals surface area contributed by atoms with Crippen LogP contribution in [-0.2, 0) is 5.41 Å². The van der Waals surface area contributed by atoms with Crippen molar-refractivity contribution < 1.29 is 0 Å². The van der Waals surface area contributed by atoms with Crippen molar-refractivity contribution in [1.29, 1.82) is 0 Å². The lowest BCUT2D eigenvalue weighted by molar-refractivity contribution is -0.0397. The van der Waals surface area contributed by atoms with E-state index >= 15 is 0 Å². The summed E-state index contributed by atoms with van der Waals surface area (Å²) in [7, 11) is 0. The first kappa shape index (κ1) is 30.1. The molecule has 0 N–H and O–H groups in total. The highest BCUT2D eigenvalue weighted by atomic mass is 32.1. The zero-order valence-corrected chi connectivity index (χ0v) is 30.2. The van der Waals surface area contributed by atoms with E-state index in [1.807, 2.05) is 23.6 Å². The molecule has 8 aromatic rings. The summed E-state index contributed by atoms with van der Waals surface area (Å²) in [5.74, 6) is 3.74. The molecular formula is C49H37N3S. The van der Waals surface area contributed by atoms with Gasteiger partial charge in [0.15, 0.2) is 5.82 Å². The summed E-state index contributed by atoms with van der Waals surface area (Å²) in [6.07, 6.45) is 8.58. The normalized spacial score (nSPS) is 23.5. The van der Waals surface area contributed by atoms with Crippen LogP contribution in [-0.4, -0.2) is 15.0 Å². The van der Waals surface area contributed by atoms with Crippen LogP contribution in [0, 0.1) is 23.7 Å². The molecule has 0 unspecified atom stereocenters. The van der Waals surface area contributed by atoms with Crippen molar-refractivity contribution in [2.75, 3.05) is 0 Å². The quantitative estimate of drug-likeness (QED) is 0.184. The Kier molecular flexibility index (Phi) is 6.39. The van der Waals surface area contributed by atoms with E-state index in [0.717, 1.165) is 40.3 Å². The molecule has 13 rings (SSSR count). The fraction of sp³-hybridized carbons (Fsp3) is 0.204. The second-order valence-corrected chi connectivity index (χ2v) is 17.1. The summed E-state index contributed by atoms with van der Waals surface area (Å²) in [6, 6.07) is 49.0. The lowest BCUT2D eigenvalue weighted by atomic mass is 9.42. The number of nitrogens with zero attached hydrogens (tertiary/aromatic N) is 3. The van der Waals surface area contributed by atoms with Crippen LogP contribution >= 0.6 is 11.3 Å². The highest BCUT2D eigenvalue weighted by molar-refractivity contribution is 7.25. The van der Waals surface area contributed by atoms with Crippen molar-refractivity contribution in [2.45, 2.75) is 37.5 Å². The molecule has 0 radical (unpaired) electrons. The molecule has 5 aromatic carbocycles. The maximum Gasteiger partial charge on any atom is 0.161 e. The first-order valence-corrected chi connectivity index (χ1v) is 20.1. The summed E-state index contributed by atoms with van der Waals surface area (Å²) in [5, 5.41) is 2.64. The fourth-order valence-electron chi connectivity index (χ4n) is 11.6. The average Bonchev–Trinajstić information content (AvgIpc) is 3.73. The molecule has 3 nitrogen and oxygen atoms in total. The minimum Gasteiger partial charge on any atom is -0.255 e. The summed E-state index contributed by atoms with van der Waals surface area (Å²) in [5.41, 5.74) is 13.1. The fourth-order valence-corrected chi connectivity index (χ4v) is 12.7. The molecule has 5 aliphatic rings. The molecule has 0 amide bonds. The molecule has 5 aliphatic carbocycles. The van der Waals surface area contributed by atoms with Gasteiger partial charge in [0.25, 0.3) is 0 Å². The summed E-state index contributed by atoms with van der Waals surface area (Å²) in [4.78, 5) is 16.0. The molecule has 254 valence electrons. The number of benzene rings is 5. The van der Waals surface area contributed by atoms with Crippen molar-refractivity contribution >= 4 is 31.5 Å². The van der Waals surface area contributed by atoms with E-state index < -0.39 is 0 Å². The molecule has 3 aromatic heterocycles. The first-order chi connectivity index (χ1) is 26.2. The second kappa shape index (κ2) is 11.3. The minimum absolute atomic E-state index is 0.0544. The van der Waals surface area contributed by atoms with Gasteiger partial charge in [-0.05, 0) is 126 Å². The van der Waals surface area contributed by atoms with E-state index in [-0.39, 0.29) is 5.41 Å². The highest BCUT2D eigenvalue weighted by Crippen LogP contribution is 2.71. The lowest BCUT2D eigenvalue weighted by Crippen LogP contribution is -2.55. The Morgan fingerprint density at radius 1 is 0.509 bits per heavy atom. The Morgan fingerprint density at radius 2 is 1.23 bits per heavy atom. The third kappa shape index (κ3) is 4.30. The lowest BCUT2D eigenvalue weighted by Gasteiger charge is -2.61. The van der Waals surface area contributed by atoms with Gasteiger partial charge in [0, 0.05) is 42.9 Å². The number of pyridine rings is 1. The number of thiophene rings is 1. The van der Waals surface area contributed by atoms with Crippen molar-refractivity contribution in [1.82, 2.24) is 15.0 Å². The Hall–Kier alpha value is -5.45.